The normalized spacial score (nSPS) is 24.2. The van der Waals surface area contributed by atoms with E-state index in [0.29, 0.717) is 25.4 Å². The van der Waals surface area contributed by atoms with Crippen LogP contribution in [0, 0.1) is 0 Å². The quantitative estimate of drug-likeness (QED) is 0.754. The van der Waals surface area contributed by atoms with Crippen LogP contribution in [0.3, 0.4) is 0 Å². The van der Waals surface area contributed by atoms with Gasteiger partial charge < -0.3 is 14.2 Å². The molecule has 2 atom stereocenters. The molecule has 1 aliphatic heterocycles. The van der Waals surface area contributed by atoms with E-state index in [4.69, 9.17) is 16.3 Å². The zero-order chi connectivity index (χ0) is 12.3. The van der Waals surface area contributed by atoms with Crippen molar-refractivity contribution in [2.75, 3.05) is 26.1 Å². The van der Waals surface area contributed by atoms with Crippen LogP contribution < -0.4 is 0 Å². The molecule has 5 nitrogen and oxygen atoms in total. The van der Waals surface area contributed by atoms with E-state index in [1.807, 2.05) is 10.8 Å². The molecule has 2 heterocycles. The van der Waals surface area contributed by atoms with E-state index in [-0.39, 0.29) is 18.1 Å². The van der Waals surface area contributed by atoms with Gasteiger partial charge in [-0.05, 0) is 0 Å². The number of hydrogen-bond donors (Lipinski definition) is 0. The van der Waals surface area contributed by atoms with Gasteiger partial charge in [0.25, 0.3) is 0 Å². The molecule has 6 heteroatoms. The Hall–Kier alpha value is -1.07. The van der Waals surface area contributed by atoms with Crippen molar-refractivity contribution in [3.8, 4) is 0 Å². The molecule has 1 aromatic rings. The molecule has 0 N–H and O–H groups in total. The molecule has 17 heavy (non-hydrogen) atoms. The van der Waals surface area contributed by atoms with Crippen molar-refractivity contribution >= 4 is 17.5 Å². The van der Waals surface area contributed by atoms with Crippen molar-refractivity contribution in [1.29, 1.82) is 0 Å². The number of aromatic nitrogens is 2. The smallest absolute Gasteiger partial charge is 0.223 e. The summed E-state index contributed by atoms with van der Waals surface area (Å²) in [6.45, 7) is 1.28. The first-order valence-corrected chi connectivity index (χ1v) is 6.13. The highest BCUT2D eigenvalue weighted by atomic mass is 35.5. The summed E-state index contributed by atoms with van der Waals surface area (Å²) in [4.78, 5) is 17.6. The van der Waals surface area contributed by atoms with Crippen molar-refractivity contribution in [3.05, 3.63) is 18.7 Å². The molecule has 0 saturated carbocycles. The molecule has 94 valence electrons. The Morgan fingerprint density at radius 3 is 3.00 bits per heavy atom. The lowest BCUT2D eigenvalue weighted by Crippen LogP contribution is -2.29. The zero-order valence-electron chi connectivity index (χ0n) is 9.75. The van der Waals surface area contributed by atoms with E-state index in [0.717, 1.165) is 0 Å². The Balaban J connectivity index is 2.06. The van der Waals surface area contributed by atoms with E-state index in [1.54, 1.807) is 24.5 Å². The molecule has 1 aromatic heterocycles. The fraction of sp³-hybridized carbons (Fsp3) is 0.636. The fourth-order valence-corrected chi connectivity index (χ4v) is 2.34. The Labute approximate surface area is 105 Å². The SMILES string of the molecule is CO[C@@H]1CN(C(=O)CCCl)C[C@@H]1n1ccnc1. The van der Waals surface area contributed by atoms with E-state index < -0.39 is 0 Å². The lowest BCUT2D eigenvalue weighted by Gasteiger charge is -2.17. The number of methoxy groups -OCH3 is 1. The third-order valence-corrected chi connectivity index (χ3v) is 3.30. The second-order valence-corrected chi connectivity index (χ2v) is 4.47. The molecule has 0 aliphatic carbocycles. The maximum absolute atomic E-state index is 11.8. The number of imidazole rings is 1. The highest BCUT2D eigenvalue weighted by Crippen LogP contribution is 2.24. The van der Waals surface area contributed by atoms with Crippen LogP contribution in [0.4, 0.5) is 0 Å². The Kier molecular flexibility index (Phi) is 4.02. The van der Waals surface area contributed by atoms with Crippen LogP contribution in [-0.4, -0.2) is 52.5 Å². The molecule has 0 aromatic carbocycles. The molecular weight excluding hydrogens is 242 g/mol. The van der Waals surface area contributed by atoms with Crippen LogP contribution in [0.15, 0.2) is 18.7 Å². The summed E-state index contributed by atoms with van der Waals surface area (Å²) in [7, 11) is 1.67. The van der Waals surface area contributed by atoms with E-state index in [9.17, 15) is 4.79 Å². The lowest BCUT2D eigenvalue weighted by atomic mass is 10.2. The predicted molar refractivity (Wildman–Crippen MR) is 64.0 cm³/mol. The first kappa shape index (κ1) is 12.4. The number of ether oxygens (including phenoxy) is 1. The molecule has 2 rings (SSSR count). The average molecular weight is 258 g/mol. The molecule has 1 amide bonds. The summed E-state index contributed by atoms with van der Waals surface area (Å²) < 4.78 is 7.42. The van der Waals surface area contributed by atoms with Gasteiger partial charge in [-0.25, -0.2) is 4.98 Å². The number of rotatable bonds is 4. The van der Waals surface area contributed by atoms with Crippen LogP contribution in [0.25, 0.3) is 0 Å². The van der Waals surface area contributed by atoms with Gasteiger partial charge in [0, 0.05) is 44.9 Å². The van der Waals surface area contributed by atoms with Gasteiger partial charge in [0.1, 0.15) is 0 Å². The summed E-state index contributed by atoms with van der Waals surface area (Å²) in [6.07, 6.45) is 5.78. The number of hydrogen-bond acceptors (Lipinski definition) is 3. The first-order chi connectivity index (χ1) is 8.26. The number of alkyl halides is 1. The second-order valence-electron chi connectivity index (χ2n) is 4.09. The van der Waals surface area contributed by atoms with E-state index in [1.165, 1.54) is 0 Å². The minimum atomic E-state index is 0.0171. The Bertz CT molecular complexity index is 369. The van der Waals surface area contributed by atoms with Gasteiger partial charge in [-0.2, -0.15) is 0 Å². The minimum absolute atomic E-state index is 0.0171. The maximum Gasteiger partial charge on any atom is 0.223 e. The molecule has 1 fully saturated rings. The standard InChI is InChI=1S/C11H16ClN3O2/c1-17-10-7-15(11(16)2-3-12)6-9(10)14-5-4-13-8-14/h4-5,8-10H,2-3,6-7H2,1H3/t9-,10+/m0/s1. The third-order valence-electron chi connectivity index (χ3n) is 3.11. The summed E-state index contributed by atoms with van der Waals surface area (Å²) in [5.74, 6) is 0.451. The number of carbonyl (C=O) groups excluding carboxylic acids is 1. The summed E-state index contributed by atoms with van der Waals surface area (Å²) >= 11 is 5.59. The van der Waals surface area contributed by atoms with Crippen LogP contribution in [-0.2, 0) is 9.53 Å². The number of likely N-dealkylation sites (tertiary alicyclic amines) is 1. The van der Waals surface area contributed by atoms with Gasteiger partial charge >= 0.3 is 0 Å². The van der Waals surface area contributed by atoms with Crippen molar-refractivity contribution < 1.29 is 9.53 Å². The fourth-order valence-electron chi connectivity index (χ4n) is 2.18. The van der Waals surface area contributed by atoms with Crippen molar-refractivity contribution in [2.24, 2.45) is 0 Å². The maximum atomic E-state index is 11.8. The van der Waals surface area contributed by atoms with Crippen LogP contribution >= 0.6 is 11.6 Å². The second kappa shape index (κ2) is 5.51. The molecular formula is C11H16ClN3O2. The molecule has 0 radical (unpaired) electrons. The molecule has 0 bridgehead atoms. The van der Waals surface area contributed by atoms with Gasteiger partial charge in [-0.3, -0.25) is 4.79 Å². The summed E-state index contributed by atoms with van der Waals surface area (Å²) in [5.41, 5.74) is 0. The van der Waals surface area contributed by atoms with Gasteiger partial charge in [0.2, 0.25) is 5.91 Å². The van der Waals surface area contributed by atoms with Crippen molar-refractivity contribution in [2.45, 2.75) is 18.6 Å². The molecule has 0 unspecified atom stereocenters. The highest BCUT2D eigenvalue weighted by Gasteiger charge is 2.35. The third kappa shape index (κ3) is 2.61. The first-order valence-electron chi connectivity index (χ1n) is 5.60. The average Bonchev–Trinajstić information content (AvgIpc) is 2.97. The molecule has 0 spiro atoms. The van der Waals surface area contributed by atoms with Crippen molar-refractivity contribution in [3.63, 3.8) is 0 Å². The molecule has 1 aliphatic rings. The van der Waals surface area contributed by atoms with Gasteiger partial charge in [-0.1, -0.05) is 0 Å². The van der Waals surface area contributed by atoms with E-state index in [2.05, 4.69) is 4.98 Å². The van der Waals surface area contributed by atoms with Crippen LogP contribution in [0.5, 0.6) is 0 Å². The number of amides is 1. The predicted octanol–water partition coefficient (Wildman–Crippen LogP) is 0.910. The monoisotopic (exact) mass is 257 g/mol. The summed E-state index contributed by atoms with van der Waals surface area (Å²) in [5, 5.41) is 0. The van der Waals surface area contributed by atoms with Gasteiger partial charge in [-0.15, -0.1) is 11.6 Å². The van der Waals surface area contributed by atoms with Gasteiger partial charge in [0.05, 0.1) is 18.5 Å². The number of nitrogens with zero attached hydrogens (tertiary/aromatic N) is 3. The molecule has 1 saturated heterocycles. The summed E-state index contributed by atoms with van der Waals surface area (Å²) in [6, 6.07) is 0.141. The minimum Gasteiger partial charge on any atom is -0.377 e. The van der Waals surface area contributed by atoms with Crippen LogP contribution in [0.1, 0.15) is 12.5 Å². The number of carbonyl (C=O) groups is 1. The largest absolute Gasteiger partial charge is 0.377 e. The Morgan fingerprint density at radius 2 is 2.41 bits per heavy atom. The lowest BCUT2D eigenvalue weighted by molar-refractivity contribution is -0.130. The van der Waals surface area contributed by atoms with E-state index >= 15 is 0 Å². The highest BCUT2D eigenvalue weighted by molar-refractivity contribution is 6.18. The zero-order valence-corrected chi connectivity index (χ0v) is 10.5. The Morgan fingerprint density at radius 1 is 1.59 bits per heavy atom. The van der Waals surface area contributed by atoms with Gasteiger partial charge in [0.15, 0.2) is 0 Å². The van der Waals surface area contributed by atoms with Crippen LogP contribution in [0.2, 0.25) is 0 Å². The van der Waals surface area contributed by atoms with Crippen molar-refractivity contribution in [1.82, 2.24) is 14.5 Å². The topological polar surface area (TPSA) is 47.4 Å². The number of halogens is 1.